The number of Topliss-reactive ketones (excluding diaryl/α,β-unsaturated/α-hetero) is 1. The minimum atomic E-state index is -1.12. The fraction of sp³-hybridized carbons (Fsp3) is 0.429. The van der Waals surface area contributed by atoms with Crippen LogP contribution in [0, 0.1) is 0 Å². The van der Waals surface area contributed by atoms with Crippen molar-refractivity contribution in [2.24, 2.45) is 0 Å². The van der Waals surface area contributed by atoms with E-state index in [0.717, 1.165) is 6.42 Å². The molecule has 0 spiro atoms. The maximum absolute atomic E-state index is 12.0. The lowest BCUT2D eigenvalue weighted by molar-refractivity contribution is -0.120. The van der Waals surface area contributed by atoms with Crippen LogP contribution >= 0.6 is 0 Å². The quantitative estimate of drug-likeness (QED) is 0.833. The number of fused-ring (bicyclic) bond motifs is 1. The normalized spacial score (nSPS) is 22.2. The highest BCUT2D eigenvalue weighted by Crippen LogP contribution is 2.39. The Morgan fingerprint density at radius 1 is 1.50 bits per heavy atom. The second-order valence-corrected chi connectivity index (χ2v) is 4.82. The van der Waals surface area contributed by atoms with Crippen molar-refractivity contribution in [1.82, 2.24) is 0 Å². The molecule has 0 aromatic heterocycles. The van der Waals surface area contributed by atoms with E-state index >= 15 is 0 Å². The molecular weight excluding hydrogens is 232 g/mol. The Kier molecular flexibility index (Phi) is 3.11. The SMILES string of the molecule is CCCc1c(O)ccc2c1O[C@@](C)(C=O)CC2=O. The van der Waals surface area contributed by atoms with E-state index in [2.05, 4.69) is 0 Å². The van der Waals surface area contributed by atoms with Crippen molar-refractivity contribution in [2.45, 2.75) is 38.7 Å². The summed E-state index contributed by atoms with van der Waals surface area (Å²) in [6.45, 7) is 3.56. The fourth-order valence-corrected chi connectivity index (χ4v) is 2.19. The minimum Gasteiger partial charge on any atom is -0.508 e. The third kappa shape index (κ3) is 1.98. The predicted molar refractivity (Wildman–Crippen MR) is 66.1 cm³/mol. The molecule has 0 bridgehead atoms. The van der Waals surface area contributed by atoms with E-state index in [9.17, 15) is 14.7 Å². The van der Waals surface area contributed by atoms with Gasteiger partial charge in [0.2, 0.25) is 0 Å². The summed E-state index contributed by atoms with van der Waals surface area (Å²) in [5.41, 5.74) is -0.0629. The van der Waals surface area contributed by atoms with Crippen molar-refractivity contribution in [3.05, 3.63) is 23.3 Å². The summed E-state index contributed by atoms with van der Waals surface area (Å²) in [7, 11) is 0. The van der Waals surface area contributed by atoms with Gasteiger partial charge in [0.05, 0.1) is 12.0 Å². The third-order valence-corrected chi connectivity index (χ3v) is 3.13. The smallest absolute Gasteiger partial charge is 0.171 e. The van der Waals surface area contributed by atoms with Gasteiger partial charge >= 0.3 is 0 Å². The first kappa shape index (κ1) is 12.6. The molecule has 0 saturated carbocycles. The summed E-state index contributed by atoms with van der Waals surface area (Å²) in [6.07, 6.45) is 2.12. The Labute approximate surface area is 106 Å². The first-order valence-corrected chi connectivity index (χ1v) is 6.04. The van der Waals surface area contributed by atoms with Crippen LogP contribution in [0.25, 0.3) is 0 Å². The monoisotopic (exact) mass is 248 g/mol. The molecule has 1 aromatic carbocycles. The summed E-state index contributed by atoms with van der Waals surface area (Å²) in [4.78, 5) is 23.1. The predicted octanol–water partition coefficient (Wildman–Crippen LogP) is 2.27. The zero-order valence-electron chi connectivity index (χ0n) is 10.5. The van der Waals surface area contributed by atoms with Crippen LogP contribution in [-0.4, -0.2) is 22.8 Å². The number of rotatable bonds is 3. The Morgan fingerprint density at radius 2 is 2.22 bits per heavy atom. The van der Waals surface area contributed by atoms with Gasteiger partial charge in [-0.3, -0.25) is 9.59 Å². The molecular formula is C14H16O4. The number of aromatic hydroxyl groups is 1. The van der Waals surface area contributed by atoms with Crippen molar-refractivity contribution in [2.75, 3.05) is 0 Å². The Morgan fingerprint density at radius 3 is 2.83 bits per heavy atom. The first-order valence-electron chi connectivity index (χ1n) is 6.04. The van der Waals surface area contributed by atoms with Crippen LogP contribution in [0.2, 0.25) is 0 Å². The van der Waals surface area contributed by atoms with Crippen LogP contribution in [0.5, 0.6) is 11.5 Å². The second kappa shape index (κ2) is 4.44. The standard InChI is InChI=1S/C14H16O4/c1-3-4-9-11(16)6-5-10-12(17)7-14(2,8-15)18-13(9)10/h5-6,8,16H,3-4,7H2,1-2H3/t14-/m1/s1. The zero-order valence-corrected chi connectivity index (χ0v) is 10.5. The summed E-state index contributed by atoms with van der Waals surface area (Å²) in [5.74, 6) is 0.351. The van der Waals surface area contributed by atoms with E-state index in [4.69, 9.17) is 4.74 Å². The summed E-state index contributed by atoms with van der Waals surface area (Å²) in [5, 5.41) is 9.85. The molecule has 1 aliphatic rings. The van der Waals surface area contributed by atoms with Crippen molar-refractivity contribution in [3.8, 4) is 11.5 Å². The van der Waals surface area contributed by atoms with Crippen LogP contribution in [0.4, 0.5) is 0 Å². The second-order valence-electron chi connectivity index (χ2n) is 4.82. The topological polar surface area (TPSA) is 63.6 Å². The number of hydrogen-bond acceptors (Lipinski definition) is 4. The number of phenolic OH excluding ortho intramolecular Hbond substituents is 1. The van der Waals surface area contributed by atoms with E-state index < -0.39 is 5.60 Å². The third-order valence-electron chi connectivity index (χ3n) is 3.13. The molecule has 1 aliphatic heterocycles. The lowest BCUT2D eigenvalue weighted by atomic mass is 9.90. The van der Waals surface area contributed by atoms with Gasteiger partial charge in [-0.1, -0.05) is 13.3 Å². The molecule has 1 N–H and O–H groups in total. The number of benzene rings is 1. The van der Waals surface area contributed by atoms with Crippen LogP contribution in [0.1, 0.15) is 42.6 Å². The maximum atomic E-state index is 12.0. The molecule has 0 fully saturated rings. The Bertz CT molecular complexity index is 507. The summed E-state index contributed by atoms with van der Waals surface area (Å²) >= 11 is 0. The van der Waals surface area contributed by atoms with Gasteiger partial charge in [0, 0.05) is 5.56 Å². The number of aldehydes is 1. The van der Waals surface area contributed by atoms with Gasteiger partial charge in [-0.15, -0.1) is 0 Å². The highest BCUT2D eigenvalue weighted by molar-refractivity contribution is 6.02. The molecule has 0 unspecified atom stereocenters. The summed E-state index contributed by atoms with van der Waals surface area (Å²) in [6, 6.07) is 3.06. The highest BCUT2D eigenvalue weighted by Gasteiger charge is 2.37. The number of ketones is 1. The molecule has 4 heteroatoms. The van der Waals surface area contributed by atoms with E-state index in [1.54, 1.807) is 13.0 Å². The summed E-state index contributed by atoms with van der Waals surface area (Å²) < 4.78 is 5.65. The van der Waals surface area contributed by atoms with Gasteiger partial charge in [0.25, 0.3) is 0 Å². The van der Waals surface area contributed by atoms with Crippen molar-refractivity contribution < 1.29 is 19.4 Å². The lowest BCUT2D eigenvalue weighted by Crippen LogP contribution is -2.41. The Balaban J connectivity index is 2.57. The minimum absolute atomic E-state index is 0.0415. The number of ether oxygens (including phenoxy) is 1. The molecule has 0 saturated heterocycles. The number of phenols is 1. The van der Waals surface area contributed by atoms with Crippen molar-refractivity contribution in [1.29, 1.82) is 0 Å². The average Bonchev–Trinajstić information content (AvgIpc) is 2.33. The van der Waals surface area contributed by atoms with Crippen molar-refractivity contribution >= 4 is 12.1 Å². The molecule has 0 amide bonds. The average molecular weight is 248 g/mol. The maximum Gasteiger partial charge on any atom is 0.171 e. The van der Waals surface area contributed by atoms with Gasteiger partial charge in [-0.2, -0.15) is 0 Å². The molecule has 2 rings (SSSR count). The molecule has 0 radical (unpaired) electrons. The molecule has 96 valence electrons. The molecule has 1 atom stereocenters. The molecule has 0 aliphatic carbocycles. The Hall–Kier alpha value is -1.84. The van der Waals surface area contributed by atoms with Gasteiger partial charge in [0.1, 0.15) is 11.5 Å². The van der Waals surface area contributed by atoms with E-state index in [1.807, 2.05) is 6.92 Å². The molecule has 4 nitrogen and oxygen atoms in total. The van der Waals surface area contributed by atoms with Crippen LogP contribution in [-0.2, 0) is 11.2 Å². The van der Waals surface area contributed by atoms with Gasteiger partial charge < -0.3 is 9.84 Å². The van der Waals surface area contributed by atoms with Gasteiger partial charge in [-0.25, -0.2) is 0 Å². The number of hydrogen-bond donors (Lipinski definition) is 1. The fourth-order valence-electron chi connectivity index (χ4n) is 2.19. The van der Waals surface area contributed by atoms with E-state index in [-0.39, 0.29) is 18.0 Å². The molecule has 18 heavy (non-hydrogen) atoms. The zero-order chi connectivity index (χ0) is 13.3. The van der Waals surface area contributed by atoms with Gasteiger partial charge in [-0.05, 0) is 25.5 Å². The largest absolute Gasteiger partial charge is 0.508 e. The number of carbonyl (C=O) groups excluding carboxylic acids is 2. The lowest BCUT2D eigenvalue weighted by Gasteiger charge is -2.31. The van der Waals surface area contributed by atoms with Crippen LogP contribution in [0.15, 0.2) is 12.1 Å². The first-order chi connectivity index (χ1) is 8.50. The van der Waals surface area contributed by atoms with Crippen molar-refractivity contribution in [3.63, 3.8) is 0 Å². The molecule has 1 heterocycles. The van der Waals surface area contributed by atoms with E-state index in [0.29, 0.717) is 29.6 Å². The van der Waals surface area contributed by atoms with Crippen LogP contribution < -0.4 is 4.74 Å². The molecule has 1 aromatic rings. The van der Waals surface area contributed by atoms with E-state index in [1.165, 1.54) is 6.07 Å². The van der Waals surface area contributed by atoms with Gasteiger partial charge in [0.15, 0.2) is 17.7 Å². The van der Waals surface area contributed by atoms with Crippen LogP contribution in [0.3, 0.4) is 0 Å². The number of carbonyl (C=O) groups is 2. The highest BCUT2D eigenvalue weighted by atomic mass is 16.5.